The average molecular weight is 709 g/mol. The van der Waals surface area contributed by atoms with Gasteiger partial charge in [0.25, 0.3) is 0 Å². The molecule has 3 aromatic heterocycles. The van der Waals surface area contributed by atoms with Gasteiger partial charge in [0.1, 0.15) is 5.58 Å². The summed E-state index contributed by atoms with van der Waals surface area (Å²) in [6, 6.07) is 43.5. The van der Waals surface area contributed by atoms with Gasteiger partial charge in [-0.25, -0.2) is 0 Å². The number of aryl methyl sites for hydroxylation is 2. The molecule has 0 atom stereocenters. The van der Waals surface area contributed by atoms with Crippen LogP contribution in [0.15, 0.2) is 126 Å². The third-order valence-electron chi connectivity index (χ3n) is 6.85. The van der Waals surface area contributed by atoms with Crippen LogP contribution in [0.4, 0.5) is 0 Å². The Morgan fingerprint density at radius 1 is 0.659 bits per heavy atom. The normalized spacial score (nSPS) is 10.6. The summed E-state index contributed by atoms with van der Waals surface area (Å²) in [6.45, 7) is 4.10. The number of furan rings is 1. The minimum atomic E-state index is 0. The minimum absolute atomic E-state index is 0. The van der Waals surface area contributed by atoms with E-state index in [9.17, 15) is 0 Å². The Hall–Kier alpha value is -4.37. The summed E-state index contributed by atoms with van der Waals surface area (Å²) in [5, 5.41) is 2.24. The molecule has 3 heterocycles. The molecular weight excluding hydrogens is 681 g/mol. The molecule has 203 valence electrons. The Bertz CT molecular complexity index is 1820. The molecule has 7 aromatic rings. The van der Waals surface area contributed by atoms with E-state index in [0.717, 1.165) is 50.9 Å². The molecule has 1 radical (unpaired) electrons. The molecule has 0 fully saturated rings. The number of para-hydroxylation sites is 1. The summed E-state index contributed by atoms with van der Waals surface area (Å²) >= 11 is 0. The molecule has 0 spiro atoms. The van der Waals surface area contributed by atoms with Crippen LogP contribution in [-0.2, 0) is 26.5 Å². The van der Waals surface area contributed by atoms with Gasteiger partial charge in [0.2, 0.25) is 0 Å². The van der Waals surface area contributed by atoms with Gasteiger partial charge < -0.3 is 14.4 Å². The van der Waals surface area contributed by atoms with Crippen molar-refractivity contribution in [3.05, 3.63) is 156 Å². The van der Waals surface area contributed by atoms with Crippen LogP contribution in [-0.4, -0.2) is 9.97 Å². The van der Waals surface area contributed by atoms with E-state index in [1.807, 2.05) is 61.7 Å². The van der Waals surface area contributed by atoms with Crippen LogP contribution < -0.4 is 0 Å². The van der Waals surface area contributed by atoms with Crippen molar-refractivity contribution in [3.63, 3.8) is 0 Å². The van der Waals surface area contributed by atoms with Gasteiger partial charge in [-0.15, -0.1) is 53.6 Å². The number of hydrogen-bond donors (Lipinski definition) is 0. The summed E-state index contributed by atoms with van der Waals surface area (Å²) in [4.78, 5) is 8.82. The first-order valence-corrected chi connectivity index (χ1v) is 13.4. The molecule has 0 N–H and O–H groups in total. The van der Waals surface area contributed by atoms with E-state index >= 15 is 0 Å². The van der Waals surface area contributed by atoms with E-state index < -0.39 is 0 Å². The topological polar surface area (TPSA) is 38.9 Å². The first-order chi connectivity index (χ1) is 19.7. The molecule has 0 aliphatic rings. The molecule has 0 bridgehead atoms. The molecule has 0 aliphatic carbocycles. The van der Waals surface area contributed by atoms with Gasteiger partial charge in [-0.05, 0) is 41.1 Å². The van der Waals surface area contributed by atoms with Gasteiger partial charge in [-0.1, -0.05) is 90.7 Å². The average Bonchev–Trinajstić information content (AvgIpc) is 3.39. The van der Waals surface area contributed by atoms with E-state index in [1.54, 1.807) is 6.20 Å². The van der Waals surface area contributed by atoms with Crippen molar-refractivity contribution in [1.82, 2.24) is 9.97 Å². The predicted molar refractivity (Wildman–Crippen MR) is 163 cm³/mol. The summed E-state index contributed by atoms with van der Waals surface area (Å²) in [7, 11) is 0. The Kier molecular flexibility index (Phi) is 8.84. The number of rotatable bonds is 4. The molecule has 0 unspecified atom stereocenters. The number of pyridine rings is 2. The van der Waals surface area contributed by atoms with Crippen molar-refractivity contribution in [1.29, 1.82) is 0 Å². The molecule has 0 saturated carbocycles. The summed E-state index contributed by atoms with van der Waals surface area (Å²) in [5.41, 5.74) is 10.5. The maximum Gasteiger partial charge on any atom is 0.124 e. The number of nitrogens with zero attached hydrogens (tertiary/aromatic N) is 2. The SMILES string of the molecule is Cc1c[c-]c(-c2ccc(C)cn2)cc1.[Ir].[c-]1ccc2c(oc3c(Cc4ccccc4)cccc32)c1-c1ccccn1. The first kappa shape index (κ1) is 28.2. The van der Waals surface area contributed by atoms with Crippen molar-refractivity contribution in [3.8, 4) is 22.5 Å². The van der Waals surface area contributed by atoms with Crippen molar-refractivity contribution < 1.29 is 24.5 Å². The zero-order chi connectivity index (χ0) is 27.3. The van der Waals surface area contributed by atoms with Crippen LogP contribution in [0.2, 0.25) is 0 Å². The van der Waals surface area contributed by atoms with Gasteiger partial charge in [0, 0.05) is 44.3 Å². The van der Waals surface area contributed by atoms with E-state index in [0.29, 0.717) is 0 Å². The fraction of sp³-hybridized carbons (Fsp3) is 0.0811. The standard InChI is InChI=1S/C24H16NO.C13H12N.Ir/c1-2-8-17(9-3-1)16-18-10-6-11-19-20-12-7-13-21(24(20)26-23(18)19)22-14-4-5-15-25-22;1-10-3-6-12(7-4-10)13-8-5-11(2)9-14-13;/h1-12,14-15H,16H2;3-6,8-9H,1-2H3;/q2*-1;. The summed E-state index contributed by atoms with van der Waals surface area (Å²) in [6.07, 6.45) is 4.52. The van der Waals surface area contributed by atoms with Gasteiger partial charge in [-0.3, -0.25) is 0 Å². The van der Waals surface area contributed by atoms with Crippen molar-refractivity contribution in [2.45, 2.75) is 20.3 Å². The summed E-state index contributed by atoms with van der Waals surface area (Å²) < 4.78 is 6.37. The molecule has 41 heavy (non-hydrogen) atoms. The number of fused-ring (bicyclic) bond motifs is 3. The van der Waals surface area contributed by atoms with Crippen LogP contribution in [0, 0.1) is 26.0 Å². The number of hydrogen-bond acceptors (Lipinski definition) is 3. The zero-order valence-corrected chi connectivity index (χ0v) is 25.3. The third-order valence-corrected chi connectivity index (χ3v) is 6.85. The summed E-state index contributed by atoms with van der Waals surface area (Å²) in [5.74, 6) is 0. The van der Waals surface area contributed by atoms with E-state index in [1.165, 1.54) is 22.3 Å². The van der Waals surface area contributed by atoms with Gasteiger partial charge >= 0.3 is 0 Å². The zero-order valence-electron chi connectivity index (χ0n) is 22.9. The van der Waals surface area contributed by atoms with Crippen molar-refractivity contribution >= 4 is 21.9 Å². The Labute approximate surface area is 254 Å². The first-order valence-electron chi connectivity index (χ1n) is 13.4. The van der Waals surface area contributed by atoms with Gasteiger partial charge in [0.15, 0.2) is 0 Å². The second-order valence-corrected chi connectivity index (χ2v) is 9.87. The van der Waals surface area contributed by atoms with Crippen LogP contribution in [0.5, 0.6) is 0 Å². The molecule has 0 aliphatic heterocycles. The Morgan fingerprint density at radius 2 is 1.46 bits per heavy atom. The maximum atomic E-state index is 6.37. The number of benzene rings is 4. The monoisotopic (exact) mass is 709 g/mol. The fourth-order valence-corrected chi connectivity index (χ4v) is 4.77. The minimum Gasteiger partial charge on any atom is -0.500 e. The predicted octanol–water partition coefficient (Wildman–Crippen LogP) is 9.20. The molecule has 4 heteroatoms. The fourth-order valence-electron chi connectivity index (χ4n) is 4.77. The molecule has 4 aromatic carbocycles. The number of aromatic nitrogens is 2. The quantitative estimate of drug-likeness (QED) is 0.171. The van der Waals surface area contributed by atoms with Crippen LogP contribution in [0.3, 0.4) is 0 Å². The van der Waals surface area contributed by atoms with E-state index in [4.69, 9.17) is 4.42 Å². The molecule has 0 saturated heterocycles. The third kappa shape index (κ3) is 6.35. The second-order valence-electron chi connectivity index (χ2n) is 9.87. The van der Waals surface area contributed by atoms with Crippen molar-refractivity contribution in [2.24, 2.45) is 0 Å². The van der Waals surface area contributed by atoms with Gasteiger partial charge in [-0.2, -0.15) is 0 Å². The van der Waals surface area contributed by atoms with Crippen molar-refractivity contribution in [2.75, 3.05) is 0 Å². The largest absolute Gasteiger partial charge is 0.500 e. The molecular formula is C37H28IrN2O-2. The Morgan fingerprint density at radius 3 is 2.20 bits per heavy atom. The van der Waals surface area contributed by atoms with Gasteiger partial charge in [0.05, 0.1) is 5.58 Å². The second kappa shape index (κ2) is 12.9. The molecule has 7 rings (SSSR count). The molecule has 0 amide bonds. The van der Waals surface area contributed by atoms with Crippen LogP contribution >= 0.6 is 0 Å². The van der Waals surface area contributed by atoms with Crippen LogP contribution in [0.25, 0.3) is 44.5 Å². The molecule has 3 nitrogen and oxygen atoms in total. The van der Waals surface area contributed by atoms with E-state index in [-0.39, 0.29) is 20.1 Å². The maximum absolute atomic E-state index is 6.37. The smallest absolute Gasteiger partial charge is 0.124 e. The Balaban J connectivity index is 0.000000192. The van der Waals surface area contributed by atoms with Crippen LogP contribution in [0.1, 0.15) is 22.3 Å². The van der Waals surface area contributed by atoms with E-state index in [2.05, 4.69) is 89.7 Å².